The molecule has 8 heteroatoms. The number of thioether (sulfide) groups is 1. The first-order valence-electron chi connectivity index (χ1n) is 11.6. The van der Waals surface area contributed by atoms with Crippen molar-refractivity contribution in [1.82, 2.24) is 20.2 Å². The zero-order chi connectivity index (χ0) is 24.5. The number of carbonyl (C=O) groups is 1. The molecule has 0 aliphatic rings. The highest BCUT2D eigenvalue weighted by Gasteiger charge is 2.17. The van der Waals surface area contributed by atoms with Crippen LogP contribution in [0.2, 0.25) is 0 Å². The molecule has 0 aliphatic heterocycles. The Bertz CT molecular complexity index is 1250. The first kappa shape index (κ1) is 24.2. The zero-order valence-electron chi connectivity index (χ0n) is 19.8. The van der Waals surface area contributed by atoms with Crippen LogP contribution in [0, 0.1) is 0 Å². The summed E-state index contributed by atoms with van der Waals surface area (Å²) in [6.07, 6.45) is 1.65. The maximum absolute atomic E-state index is 12.4. The zero-order valence-corrected chi connectivity index (χ0v) is 20.7. The van der Waals surface area contributed by atoms with E-state index < -0.39 is 0 Å². The van der Waals surface area contributed by atoms with Crippen LogP contribution in [0.25, 0.3) is 17.1 Å². The molecule has 0 bridgehead atoms. The van der Waals surface area contributed by atoms with Crippen LogP contribution in [0.15, 0.2) is 95.2 Å². The van der Waals surface area contributed by atoms with Crippen LogP contribution in [0.4, 0.5) is 5.69 Å². The van der Waals surface area contributed by atoms with Gasteiger partial charge in [-0.25, -0.2) is 5.43 Å². The lowest BCUT2D eigenvalue weighted by atomic mass is 10.2. The predicted octanol–water partition coefficient (Wildman–Crippen LogP) is 5.02. The maximum Gasteiger partial charge on any atom is 0.250 e. The normalized spacial score (nSPS) is 11.0. The average Bonchev–Trinajstić information content (AvgIpc) is 3.34. The lowest BCUT2D eigenvalue weighted by Gasteiger charge is -2.20. The Morgan fingerprint density at radius 2 is 1.60 bits per heavy atom. The molecule has 35 heavy (non-hydrogen) atoms. The van der Waals surface area contributed by atoms with E-state index in [0.29, 0.717) is 5.16 Å². The molecule has 0 spiro atoms. The fourth-order valence-electron chi connectivity index (χ4n) is 3.65. The van der Waals surface area contributed by atoms with Crippen molar-refractivity contribution < 1.29 is 4.79 Å². The van der Waals surface area contributed by atoms with Crippen LogP contribution in [0.5, 0.6) is 0 Å². The highest BCUT2D eigenvalue weighted by Crippen LogP contribution is 2.27. The molecule has 4 rings (SSSR count). The number of hydrazone groups is 1. The maximum atomic E-state index is 12.4. The molecule has 0 unspecified atom stereocenters. The smallest absolute Gasteiger partial charge is 0.250 e. The van der Waals surface area contributed by atoms with Crippen LogP contribution >= 0.6 is 11.8 Å². The predicted molar refractivity (Wildman–Crippen MR) is 143 cm³/mol. The summed E-state index contributed by atoms with van der Waals surface area (Å²) < 4.78 is 1.97. The Labute approximate surface area is 209 Å². The molecule has 1 amide bonds. The third-order valence-electron chi connectivity index (χ3n) is 5.44. The molecule has 0 atom stereocenters. The molecule has 4 aromatic rings. The molecular formula is C27H28N6OS. The largest absolute Gasteiger partial charge is 0.372 e. The van der Waals surface area contributed by atoms with Crippen molar-refractivity contribution in [2.45, 2.75) is 19.0 Å². The van der Waals surface area contributed by atoms with Crippen LogP contribution in [-0.2, 0) is 4.79 Å². The molecule has 1 heterocycles. The van der Waals surface area contributed by atoms with E-state index in [9.17, 15) is 4.79 Å². The summed E-state index contributed by atoms with van der Waals surface area (Å²) in [4.78, 5) is 14.7. The van der Waals surface area contributed by atoms with Gasteiger partial charge in [-0.3, -0.25) is 9.36 Å². The molecule has 1 N–H and O–H groups in total. The molecule has 0 saturated heterocycles. The van der Waals surface area contributed by atoms with Crippen LogP contribution in [0.3, 0.4) is 0 Å². The summed E-state index contributed by atoms with van der Waals surface area (Å²) in [5.41, 5.74) is 6.58. The minimum absolute atomic E-state index is 0.165. The van der Waals surface area contributed by atoms with E-state index in [1.165, 1.54) is 17.4 Å². The van der Waals surface area contributed by atoms with Crippen molar-refractivity contribution in [3.8, 4) is 17.1 Å². The fraction of sp³-hybridized carbons (Fsp3) is 0.185. The minimum Gasteiger partial charge on any atom is -0.372 e. The second kappa shape index (κ2) is 12.0. The number of carbonyl (C=O) groups excluding carboxylic acids is 1. The third kappa shape index (κ3) is 6.16. The Balaban J connectivity index is 1.41. The summed E-state index contributed by atoms with van der Waals surface area (Å²) in [5, 5.41) is 13.5. The first-order valence-corrected chi connectivity index (χ1v) is 12.5. The van der Waals surface area contributed by atoms with Crippen molar-refractivity contribution in [3.05, 3.63) is 90.5 Å². The molecule has 0 aliphatic carbocycles. The molecule has 0 fully saturated rings. The number of amides is 1. The number of anilines is 1. The van der Waals surface area contributed by atoms with Gasteiger partial charge in [0.05, 0.1) is 12.0 Å². The van der Waals surface area contributed by atoms with E-state index in [1.807, 2.05) is 77.4 Å². The van der Waals surface area contributed by atoms with Gasteiger partial charge in [-0.05, 0) is 43.7 Å². The summed E-state index contributed by atoms with van der Waals surface area (Å²) in [6, 6.07) is 27.9. The molecule has 0 saturated carbocycles. The number of rotatable bonds is 10. The van der Waals surface area contributed by atoms with E-state index in [2.05, 4.69) is 51.6 Å². The summed E-state index contributed by atoms with van der Waals surface area (Å²) in [6.45, 7) is 6.19. The van der Waals surface area contributed by atoms with Gasteiger partial charge in [-0.2, -0.15) is 5.10 Å². The average molecular weight is 485 g/mol. The second-order valence-corrected chi connectivity index (χ2v) is 8.63. The summed E-state index contributed by atoms with van der Waals surface area (Å²) >= 11 is 1.32. The number of nitrogens with one attached hydrogen (secondary N) is 1. The SMILES string of the molecule is CCN(CC)c1ccc(/C=N/NC(=O)CSc2nnc(-c3ccccc3)n2-c2ccccc2)cc1. The topological polar surface area (TPSA) is 75.4 Å². The standard InChI is InChI=1S/C27H28N6OS/c1-3-32(4-2)23-17-15-21(16-18-23)19-28-29-25(34)20-35-27-31-30-26(22-11-7-5-8-12-22)33(27)24-13-9-6-10-14-24/h5-19H,3-4,20H2,1-2H3,(H,29,34)/b28-19+. The number of aromatic nitrogens is 3. The Morgan fingerprint density at radius 1 is 0.943 bits per heavy atom. The van der Waals surface area contributed by atoms with E-state index in [-0.39, 0.29) is 11.7 Å². The van der Waals surface area contributed by atoms with E-state index in [0.717, 1.165) is 35.7 Å². The molecule has 1 aromatic heterocycles. The van der Waals surface area contributed by atoms with Crippen molar-refractivity contribution in [2.75, 3.05) is 23.7 Å². The lowest BCUT2D eigenvalue weighted by molar-refractivity contribution is -0.118. The molecule has 7 nitrogen and oxygen atoms in total. The van der Waals surface area contributed by atoms with Crippen LogP contribution in [0.1, 0.15) is 19.4 Å². The van der Waals surface area contributed by atoms with E-state index >= 15 is 0 Å². The van der Waals surface area contributed by atoms with Gasteiger partial charge < -0.3 is 4.90 Å². The number of nitrogens with zero attached hydrogens (tertiary/aromatic N) is 5. The van der Waals surface area contributed by atoms with Gasteiger partial charge >= 0.3 is 0 Å². The van der Waals surface area contributed by atoms with Gasteiger partial charge in [0.25, 0.3) is 5.91 Å². The van der Waals surface area contributed by atoms with Gasteiger partial charge in [0.15, 0.2) is 11.0 Å². The quantitative estimate of drug-likeness (QED) is 0.194. The molecule has 178 valence electrons. The van der Waals surface area contributed by atoms with Crippen molar-refractivity contribution in [1.29, 1.82) is 0 Å². The van der Waals surface area contributed by atoms with Crippen LogP contribution < -0.4 is 10.3 Å². The highest BCUT2D eigenvalue weighted by molar-refractivity contribution is 7.99. The van der Waals surface area contributed by atoms with Crippen molar-refractivity contribution in [2.24, 2.45) is 5.10 Å². The number of hydrogen-bond acceptors (Lipinski definition) is 6. The third-order valence-corrected chi connectivity index (χ3v) is 6.37. The van der Waals surface area contributed by atoms with Gasteiger partial charge in [-0.1, -0.05) is 72.4 Å². The van der Waals surface area contributed by atoms with Crippen LogP contribution in [-0.4, -0.2) is 45.7 Å². The van der Waals surface area contributed by atoms with Gasteiger partial charge in [0.1, 0.15) is 0 Å². The fourth-order valence-corrected chi connectivity index (χ4v) is 4.39. The Kier molecular flexibility index (Phi) is 8.30. The number of hydrogen-bond donors (Lipinski definition) is 1. The van der Waals surface area contributed by atoms with E-state index in [1.54, 1.807) is 6.21 Å². The van der Waals surface area contributed by atoms with Gasteiger partial charge in [0.2, 0.25) is 0 Å². The van der Waals surface area contributed by atoms with Gasteiger partial charge in [0, 0.05) is 30.0 Å². The van der Waals surface area contributed by atoms with Crippen molar-refractivity contribution in [3.63, 3.8) is 0 Å². The monoisotopic (exact) mass is 484 g/mol. The Morgan fingerprint density at radius 3 is 2.26 bits per heavy atom. The minimum atomic E-state index is -0.213. The highest BCUT2D eigenvalue weighted by atomic mass is 32.2. The second-order valence-electron chi connectivity index (χ2n) is 7.69. The number of para-hydroxylation sites is 1. The Hall–Kier alpha value is -3.91. The summed E-state index contributed by atoms with van der Waals surface area (Å²) in [7, 11) is 0. The lowest BCUT2D eigenvalue weighted by Crippen LogP contribution is -2.21. The molecule has 0 radical (unpaired) electrons. The van der Waals surface area contributed by atoms with Crippen molar-refractivity contribution >= 4 is 29.6 Å². The number of benzene rings is 3. The summed E-state index contributed by atoms with van der Waals surface area (Å²) in [5.74, 6) is 0.679. The molecular weight excluding hydrogens is 456 g/mol. The molecule has 3 aromatic carbocycles. The first-order chi connectivity index (χ1) is 17.2. The van der Waals surface area contributed by atoms with Gasteiger partial charge in [-0.15, -0.1) is 10.2 Å². The van der Waals surface area contributed by atoms with E-state index in [4.69, 9.17) is 0 Å².